The Labute approximate surface area is 133 Å². The summed E-state index contributed by atoms with van der Waals surface area (Å²) in [5.41, 5.74) is 4.29. The number of benzene rings is 2. The van der Waals surface area contributed by atoms with Gasteiger partial charge in [-0.15, -0.1) is 0 Å². The molecule has 1 heterocycles. The van der Waals surface area contributed by atoms with Gasteiger partial charge in [-0.05, 0) is 24.0 Å². The van der Waals surface area contributed by atoms with Crippen molar-refractivity contribution in [2.45, 2.75) is 18.9 Å². The van der Waals surface area contributed by atoms with Gasteiger partial charge in [0.2, 0.25) is 0 Å². The molecule has 5 nitrogen and oxygen atoms in total. The van der Waals surface area contributed by atoms with Crippen LogP contribution < -0.4 is 5.32 Å². The molecule has 1 atom stereocenters. The summed E-state index contributed by atoms with van der Waals surface area (Å²) in [6.07, 6.45) is 1.91. The van der Waals surface area contributed by atoms with Gasteiger partial charge in [0.25, 0.3) is 5.91 Å². The van der Waals surface area contributed by atoms with E-state index >= 15 is 0 Å². The van der Waals surface area contributed by atoms with E-state index in [0.717, 1.165) is 18.4 Å². The molecule has 0 aliphatic heterocycles. The number of amides is 1. The summed E-state index contributed by atoms with van der Waals surface area (Å²) in [4.78, 5) is 12.6. The van der Waals surface area contributed by atoms with Gasteiger partial charge in [0.15, 0.2) is 5.69 Å². The summed E-state index contributed by atoms with van der Waals surface area (Å²) in [7, 11) is 0. The van der Waals surface area contributed by atoms with Gasteiger partial charge in [-0.3, -0.25) is 4.79 Å². The maximum absolute atomic E-state index is 12.6. The van der Waals surface area contributed by atoms with Gasteiger partial charge in [0.1, 0.15) is 5.69 Å². The van der Waals surface area contributed by atoms with Gasteiger partial charge >= 0.3 is 0 Å². The first-order chi connectivity index (χ1) is 11.3. The molecule has 5 heteroatoms. The van der Waals surface area contributed by atoms with Crippen molar-refractivity contribution in [3.05, 3.63) is 71.4 Å². The predicted molar refractivity (Wildman–Crippen MR) is 86.8 cm³/mol. The standard InChI is InChI=1S/C18H16N4O/c23-18(19-15-11-10-12-6-4-5-9-14(12)15)17-16(20-22-21-17)13-7-2-1-3-8-13/h1-9,15H,10-11H2,(H,19,23)(H,20,21,22)/t15-/m0/s1. The van der Waals surface area contributed by atoms with E-state index in [1.54, 1.807) is 0 Å². The maximum Gasteiger partial charge on any atom is 0.274 e. The number of hydrogen-bond donors (Lipinski definition) is 2. The van der Waals surface area contributed by atoms with Crippen LogP contribution in [0.15, 0.2) is 54.6 Å². The van der Waals surface area contributed by atoms with Gasteiger partial charge in [0.05, 0.1) is 6.04 Å². The number of rotatable bonds is 3. The predicted octanol–water partition coefficient (Wildman–Crippen LogP) is 2.89. The lowest BCUT2D eigenvalue weighted by Gasteiger charge is -2.13. The van der Waals surface area contributed by atoms with Crippen LogP contribution in [0.2, 0.25) is 0 Å². The number of nitrogens with one attached hydrogen (secondary N) is 2. The third kappa shape index (κ3) is 2.50. The molecule has 0 unspecified atom stereocenters. The highest BCUT2D eigenvalue weighted by Gasteiger charge is 2.26. The molecule has 1 aliphatic rings. The van der Waals surface area contributed by atoms with E-state index in [2.05, 4.69) is 32.9 Å². The maximum atomic E-state index is 12.6. The van der Waals surface area contributed by atoms with Crippen molar-refractivity contribution in [2.75, 3.05) is 0 Å². The number of carbonyl (C=O) groups excluding carboxylic acids is 1. The fourth-order valence-corrected chi connectivity index (χ4v) is 3.12. The third-order valence-electron chi connectivity index (χ3n) is 4.25. The number of H-pyrrole nitrogens is 1. The Kier molecular flexibility index (Phi) is 3.38. The van der Waals surface area contributed by atoms with Crippen LogP contribution >= 0.6 is 0 Å². The van der Waals surface area contributed by atoms with Crippen molar-refractivity contribution in [2.24, 2.45) is 0 Å². The average Bonchev–Trinajstić information content (AvgIpc) is 3.23. The molecule has 4 rings (SSSR count). The summed E-state index contributed by atoms with van der Waals surface area (Å²) in [6.45, 7) is 0. The Bertz CT molecular complexity index is 841. The monoisotopic (exact) mass is 304 g/mol. The lowest BCUT2D eigenvalue weighted by molar-refractivity contribution is 0.0932. The van der Waals surface area contributed by atoms with E-state index in [1.165, 1.54) is 11.1 Å². The number of aromatic nitrogens is 3. The highest BCUT2D eigenvalue weighted by molar-refractivity contribution is 5.98. The number of aromatic amines is 1. The molecule has 3 aromatic rings. The first-order valence-electron chi connectivity index (χ1n) is 7.68. The molecule has 1 amide bonds. The minimum Gasteiger partial charge on any atom is -0.344 e. The fraction of sp³-hybridized carbons (Fsp3) is 0.167. The second kappa shape index (κ2) is 5.68. The average molecular weight is 304 g/mol. The largest absolute Gasteiger partial charge is 0.344 e. The normalized spacial score (nSPS) is 16.1. The van der Waals surface area contributed by atoms with Crippen LogP contribution in [0.5, 0.6) is 0 Å². The molecule has 0 fully saturated rings. The first-order valence-corrected chi connectivity index (χ1v) is 7.68. The van der Waals surface area contributed by atoms with Crippen LogP contribution in [0, 0.1) is 0 Å². The van der Waals surface area contributed by atoms with Crippen LogP contribution in [0.3, 0.4) is 0 Å². The van der Waals surface area contributed by atoms with Gasteiger partial charge in [0, 0.05) is 5.56 Å². The number of nitrogens with zero attached hydrogens (tertiary/aromatic N) is 2. The molecule has 23 heavy (non-hydrogen) atoms. The molecule has 114 valence electrons. The van der Waals surface area contributed by atoms with E-state index in [4.69, 9.17) is 0 Å². The molecular weight excluding hydrogens is 288 g/mol. The van der Waals surface area contributed by atoms with E-state index in [1.807, 2.05) is 42.5 Å². The quantitative estimate of drug-likeness (QED) is 0.781. The Hall–Kier alpha value is -2.95. The minimum absolute atomic E-state index is 0.0408. The van der Waals surface area contributed by atoms with Crippen LogP contribution in [0.1, 0.15) is 34.1 Å². The third-order valence-corrected chi connectivity index (χ3v) is 4.25. The molecule has 0 radical (unpaired) electrons. The molecule has 0 spiro atoms. The van der Waals surface area contributed by atoms with Crippen molar-refractivity contribution >= 4 is 5.91 Å². The molecule has 2 aromatic carbocycles. The van der Waals surface area contributed by atoms with Crippen molar-refractivity contribution in [3.8, 4) is 11.3 Å². The van der Waals surface area contributed by atoms with Crippen LogP contribution in [0.25, 0.3) is 11.3 Å². The molecular formula is C18H16N4O. The zero-order chi connectivity index (χ0) is 15.6. The van der Waals surface area contributed by atoms with Crippen molar-refractivity contribution in [3.63, 3.8) is 0 Å². The lowest BCUT2D eigenvalue weighted by Crippen LogP contribution is -2.27. The second-order valence-electron chi connectivity index (χ2n) is 5.65. The van der Waals surface area contributed by atoms with Gasteiger partial charge in [-0.2, -0.15) is 15.4 Å². The smallest absolute Gasteiger partial charge is 0.274 e. The lowest BCUT2D eigenvalue weighted by atomic mass is 10.1. The summed E-state index contributed by atoms with van der Waals surface area (Å²) in [6, 6.07) is 17.9. The highest BCUT2D eigenvalue weighted by Crippen LogP contribution is 2.31. The molecule has 0 bridgehead atoms. The van der Waals surface area contributed by atoms with Gasteiger partial charge < -0.3 is 5.32 Å². The van der Waals surface area contributed by atoms with E-state index in [0.29, 0.717) is 11.4 Å². The SMILES string of the molecule is O=C(N[C@H]1CCc2ccccc21)c1n[nH]nc1-c1ccccc1. The Morgan fingerprint density at radius 1 is 1.04 bits per heavy atom. The Morgan fingerprint density at radius 3 is 2.70 bits per heavy atom. The minimum atomic E-state index is -0.195. The summed E-state index contributed by atoms with van der Waals surface area (Å²) >= 11 is 0. The molecule has 0 saturated carbocycles. The van der Waals surface area contributed by atoms with Crippen LogP contribution in [-0.4, -0.2) is 21.3 Å². The topological polar surface area (TPSA) is 70.7 Å². The summed E-state index contributed by atoms with van der Waals surface area (Å²) in [5, 5.41) is 13.8. The van der Waals surface area contributed by atoms with E-state index in [-0.39, 0.29) is 11.9 Å². The van der Waals surface area contributed by atoms with Crippen molar-refractivity contribution < 1.29 is 4.79 Å². The Balaban J connectivity index is 1.59. The number of carbonyl (C=O) groups is 1. The Morgan fingerprint density at radius 2 is 1.83 bits per heavy atom. The van der Waals surface area contributed by atoms with E-state index in [9.17, 15) is 4.79 Å². The second-order valence-corrected chi connectivity index (χ2v) is 5.65. The highest BCUT2D eigenvalue weighted by atomic mass is 16.2. The molecule has 0 saturated heterocycles. The van der Waals surface area contributed by atoms with Gasteiger partial charge in [-0.25, -0.2) is 0 Å². The number of aryl methyl sites for hydroxylation is 1. The number of fused-ring (bicyclic) bond motifs is 1. The van der Waals surface area contributed by atoms with Crippen LogP contribution in [-0.2, 0) is 6.42 Å². The first kappa shape index (κ1) is 13.7. The summed E-state index contributed by atoms with van der Waals surface area (Å²) < 4.78 is 0. The molecule has 1 aliphatic carbocycles. The van der Waals surface area contributed by atoms with Gasteiger partial charge in [-0.1, -0.05) is 54.6 Å². The van der Waals surface area contributed by atoms with Crippen molar-refractivity contribution in [1.82, 2.24) is 20.7 Å². The zero-order valence-corrected chi connectivity index (χ0v) is 12.5. The number of hydrogen-bond acceptors (Lipinski definition) is 3. The van der Waals surface area contributed by atoms with Crippen molar-refractivity contribution in [1.29, 1.82) is 0 Å². The zero-order valence-electron chi connectivity index (χ0n) is 12.5. The molecule has 1 aromatic heterocycles. The van der Waals surface area contributed by atoms with E-state index < -0.39 is 0 Å². The fourth-order valence-electron chi connectivity index (χ4n) is 3.12. The van der Waals surface area contributed by atoms with Crippen LogP contribution in [0.4, 0.5) is 0 Å². The summed E-state index contributed by atoms with van der Waals surface area (Å²) in [5.74, 6) is -0.195. The molecule has 2 N–H and O–H groups in total.